The van der Waals surface area contributed by atoms with E-state index in [2.05, 4.69) is 27.5 Å². The van der Waals surface area contributed by atoms with Gasteiger partial charge in [0, 0.05) is 22.7 Å². The van der Waals surface area contributed by atoms with E-state index in [1.54, 1.807) is 23.4 Å². The molecule has 1 N–H and O–H groups in total. The van der Waals surface area contributed by atoms with Gasteiger partial charge in [0.15, 0.2) is 5.65 Å². The molecule has 32 heavy (non-hydrogen) atoms. The van der Waals surface area contributed by atoms with E-state index in [9.17, 15) is 4.79 Å². The van der Waals surface area contributed by atoms with Gasteiger partial charge in [-0.3, -0.25) is 4.79 Å². The molecular weight excluding hydrogens is 440 g/mol. The minimum Gasteiger partial charge on any atom is -0.497 e. The molecule has 164 valence electrons. The van der Waals surface area contributed by atoms with Crippen molar-refractivity contribution in [2.24, 2.45) is 0 Å². The number of methoxy groups -OCH3 is 1. The minimum atomic E-state index is -0.0194. The lowest BCUT2D eigenvalue weighted by Crippen LogP contribution is -2.24. The minimum absolute atomic E-state index is 0.0194. The maximum absolute atomic E-state index is 12.4. The lowest BCUT2D eigenvalue weighted by molar-refractivity contribution is -0.118. The molecule has 6 nitrogen and oxygen atoms in total. The van der Waals surface area contributed by atoms with Gasteiger partial charge in [0.25, 0.3) is 0 Å². The van der Waals surface area contributed by atoms with E-state index >= 15 is 0 Å². The van der Waals surface area contributed by atoms with Crippen LogP contribution in [0.1, 0.15) is 11.3 Å². The van der Waals surface area contributed by atoms with Crippen LogP contribution in [0.5, 0.6) is 5.75 Å². The number of thioether (sulfide) groups is 2. The summed E-state index contributed by atoms with van der Waals surface area (Å²) in [4.78, 5) is 18.3. The number of amides is 1. The number of aromatic nitrogens is 3. The summed E-state index contributed by atoms with van der Waals surface area (Å²) in [6.07, 6.45) is 3.86. The van der Waals surface area contributed by atoms with Crippen LogP contribution < -0.4 is 10.1 Å². The van der Waals surface area contributed by atoms with Gasteiger partial charge < -0.3 is 10.1 Å². The molecule has 4 rings (SSSR count). The lowest BCUT2D eigenvalue weighted by Gasteiger charge is -2.08. The van der Waals surface area contributed by atoms with Crippen molar-refractivity contribution in [3.8, 4) is 16.9 Å². The molecule has 4 aromatic rings. The molecule has 0 bridgehead atoms. The predicted molar refractivity (Wildman–Crippen MR) is 131 cm³/mol. The van der Waals surface area contributed by atoms with E-state index in [0.717, 1.165) is 38.8 Å². The maximum atomic E-state index is 12.4. The SMILES string of the molecule is COc1ccc(-c2cnn3c(SCC(=O)NCc4ccc(SC)cc4)cc(C)nc23)cc1. The van der Waals surface area contributed by atoms with Crippen LogP contribution in [0.2, 0.25) is 0 Å². The molecule has 0 saturated heterocycles. The zero-order valence-corrected chi connectivity index (χ0v) is 19.8. The van der Waals surface area contributed by atoms with E-state index in [0.29, 0.717) is 12.3 Å². The summed E-state index contributed by atoms with van der Waals surface area (Å²) in [6, 6.07) is 18.0. The number of benzene rings is 2. The standard InChI is InChI=1S/C24H24N4O2S2/c1-16-12-23(32-15-22(29)25-13-17-4-10-20(31-3)11-5-17)28-24(27-16)21(14-26-28)18-6-8-19(30-2)9-7-18/h4-12,14H,13,15H2,1-3H3,(H,25,29). The van der Waals surface area contributed by atoms with E-state index in [-0.39, 0.29) is 5.91 Å². The summed E-state index contributed by atoms with van der Waals surface area (Å²) in [5.41, 5.74) is 4.69. The summed E-state index contributed by atoms with van der Waals surface area (Å²) in [6.45, 7) is 2.47. The Morgan fingerprint density at radius 2 is 1.88 bits per heavy atom. The van der Waals surface area contributed by atoms with Gasteiger partial charge in [-0.15, -0.1) is 11.8 Å². The molecule has 0 aliphatic rings. The molecule has 2 heterocycles. The summed E-state index contributed by atoms with van der Waals surface area (Å²) in [7, 11) is 1.65. The highest BCUT2D eigenvalue weighted by Crippen LogP contribution is 2.28. The molecule has 2 aromatic carbocycles. The predicted octanol–water partition coefficient (Wildman–Crippen LogP) is 4.84. The molecule has 0 fully saturated rings. The topological polar surface area (TPSA) is 68.5 Å². The Labute approximate surface area is 195 Å². The first-order valence-electron chi connectivity index (χ1n) is 10.1. The molecule has 0 radical (unpaired) electrons. The molecular formula is C24H24N4O2S2. The van der Waals surface area contributed by atoms with Crippen LogP contribution in [0.15, 0.2) is 70.7 Å². The monoisotopic (exact) mass is 464 g/mol. The number of fused-ring (bicyclic) bond motifs is 1. The fourth-order valence-electron chi connectivity index (χ4n) is 3.26. The van der Waals surface area contributed by atoms with Crippen molar-refractivity contribution in [3.05, 3.63) is 72.1 Å². The highest BCUT2D eigenvalue weighted by molar-refractivity contribution is 7.99. The Balaban J connectivity index is 1.45. The highest BCUT2D eigenvalue weighted by Gasteiger charge is 2.14. The molecule has 0 aliphatic carbocycles. The largest absolute Gasteiger partial charge is 0.497 e. The maximum Gasteiger partial charge on any atom is 0.230 e. The molecule has 2 aromatic heterocycles. The first-order valence-corrected chi connectivity index (χ1v) is 12.3. The van der Waals surface area contributed by atoms with Gasteiger partial charge in [-0.1, -0.05) is 36.0 Å². The van der Waals surface area contributed by atoms with Crippen molar-refractivity contribution in [1.82, 2.24) is 19.9 Å². The Bertz CT molecular complexity index is 1220. The smallest absolute Gasteiger partial charge is 0.230 e. The zero-order valence-electron chi connectivity index (χ0n) is 18.2. The summed E-state index contributed by atoms with van der Waals surface area (Å²) in [5, 5.41) is 8.40. The second kappa shape index (κ2) is 10.1. The van der Waals surface area contributed by atoms with Crippen LogP contribution in [0.3, 0.4) is 0 Å². The molecule has 0 saturated carbocycles. The van der Waals surface area contributed by atoms with Crippen molar-refractivity contribution in [1.29, 1.82) is 0 Å². The van der Waals surface area contributed by atoms with Crippen molar-refractivity contribution in [2.45, 2.75) is 23.4 Å². The number of carbonyl (C=O) groups is 1. The van der Waals surface area contributed by atoms with Crippen LogP contribution in [-0.4, -0.2) is 39.6 Å². The zero-order chi connectivity index (χ0) is 22.5. The van der Waals surface area contributed by atoms with Gasteiger partial charge in [-0.05, 0) is 54.6 Å². The number of aryl methyl sites for hydroxylation is 1. The lowest BCUT2D eigenvalue weighted by atomic mass is 10.1. The van der Waals surface area contributed by atoms with Crippen LogP contribution in [0.25, 0.3) is 16.8 Å². The Morgan fingerprint density at radius 3 is 2.56 bits per heavy atom. The van der Waals surface area contributed by atoms with Crippen molar-refractivity contribution in [2.75, 3.05) is 19.1 Å². The van der Waals surface area contributed by atoms with Gasteiger partial charge in [-0.25, -0.2) is 9.50 Å². The van der Waals surface area contributed by atoms with Crippen molar-refractivity contribution in [3.63, 3.8) is 0 Å². The summed E-state index contributed by atoms with van der Waals surface area (Å²) < 4.78 is 7.04. The van der Waals surface area contributed by atoms with Crippen molar-refractivity contribution >= 4 is 35.1 Å². The van der Waals surface area contributed by atoms with Crippen LogP contribution >= 0.6 is 23.5 Å². The van der Waals surface area contributed by atoms with E-state index in [1.807, 2.05) is 61.8 Å². The van der Waals surface area contributed by atoms with Gasteiger partial charge in [0.1, 0.15) is 10.8 Å². The third-order valence-electron chi connectivity index (χ3n) is 4.97. The summed E-state index contributed by atoms with van der Waals surface area (Å²) in [5.74, 6) is 1.09. The van der Waals surface area contributed by atoms with Crippen molar-refractivity contribution < 1.29 is 9.53 Å². The molecule has 0 aliphatic heterocycles. The fraction of sp³-hybridized carbons (Fsp3) is 0.208. The van der Waals surface area contributed by atoms with Crippen LogP contribution in [-0.2, 0) is 11.3 Å². The molecule has 0 spiro atoms. The van der Waals surface area contributed by atoms with Gasteiger partial charge >= 0.3 is 0 Å². The highest BCUT2D eigenvalue weighted by atomic mass is 32.2. The number of rotatable bonds is 8. The fourth-order valence-corrected chi connectivity index (χ4v) is 4.56. The second-order valence-corrected chi connectivity index (χ2v) is 9.05. The number of nitrogens with zero attached hydrogens (tertiary/aromatic N) is 3. The van der Waals surface area contributed by atoms with Gasteiger partial charge in [0.2, 0.25) is 5.91 Å². The summed E-state index contributed by atoms with van der Waals surface area (Å²) >= 11 is 3.15. The first kappa shape index (κ1) is 22.2. The number of hydrogen-bond donors (Lipinski definition) is 1. The third kappa shape index (κ3) is 5.08. The quantitative estimate of drug-likeness (QED) is 0.297. The third-order valence-corrected chi connectivity index (χ3v) is 6.70. The second-order valence-electron chi connectivity index (χ2n) is 7.17. The molecule has 0 unspecified atom stereocenters. The van der Waals surface area contributed by atoms with Crippen LogP contribution in [0, 0.1) is 6.92 Å². The number of carbonyl (C=O) groups excluding carboxylic acids is 1. The first-order chi connectivity index (χ1) is 15.6. The molecule has 8 heteroatoms. The number of ether oxygens (including phenoxy) is 1. The van der Waals surface area contributed by atoms with Crippen LogP contribution in [0.4, 0.5) is 0 Å². The van der Waals surface area contributed by atoms with E-state index < -0.39 is 0 Å². The van der Waals surface area contributed by atoms with Gasteiger partial charge in [0.05, 0.1) is 19.1 Å². The van der Waals surface area contributed by atoms with E-state index in [1.165, 1.54) is 16.7 Å². The Morgan fingerprint density at radius 1 is 1.12 bits per heavy atom. The van der Waals surface area contributed by atoms with Gasteiger partial charge in [-0.2, -0.15) is 5.10 Å². The molecule has 0 atom stereocenters. The average Bonchev–Trinajstić information content (AvgIpc) is 3.25. The molecule has 1 amide bonds. The Kier molecular flexibility index (Phi) is 7.02. The normalized spacial score (nSPS) is 11.0. The number of nitrogens with one attached hydrogen (secondary N) is 1. The average molecular weight is 465 g/mol. The number of hydrogen-bond acceptors (Lipinski definition) is 6. The van der Waals surface area contributed by atoms with E-state index in [4.69, 9.17) is 4.74 Å². The Hall–Kier alpha value is -2.97.